The summed E-state index contributed by atoms with van der Waals surface area (Å²) < 4.78 is 0. The molecule has 1 unspecified atom stereocenters. The number of carbonyl (C=O) groups is 2. The van der Waals surface area contributed by atoms with Crippen LogP contribution in [0, 0.1) is 5.92 Å². The van der Waals surface area contributed by atoms with Crippen LogP contribution in [0.5, 0.6) is 0 Å². The predicted octanol–water partition coefficient (Wildman–Crippen LogP) is 4.18. The molecule has 0 saturated carbocycles. The Kier molecular flexibility index (Phi) is 4.03. The van der Waals surface area contributed by atoms with Gasteiger partial charge in [-0.1, -0.05) is 51.1 Å². The second-order valence-corrected chi connectivity index (χ2v) is 6.42. The molecule has 3 heteroatoms. The van der Waals surface area contributed by atoms with Crippen molar-refractivity contribution in [3.8, 4) is 0 Å². The van der Waals surface area contributed by atoms with Crippen LogP contribution in [0.25, 0.3) is 0 Å². The lowest BCUT2D eigenvalue weighted by molar-refractivity contribution is -0.123. The van der Waals surface area contributed by atoms with Crippen molar-refractivity contribution in [1.29, 1.82) is 0 Å². The zero-order valence-electron chi connectivity index (χ0n) is 13.7. The first-order valence-electron chi connectivity index (χ1n) is 8.02. The Balaban J connectivity index is 1.82. The van der Waals surface area contributed by atoms with Crippen molar-refractivity contribution in [3.63, 3.8) is 0 Å². The zero-order valence-corrected chi connectivity index (χ0v) is 13.7. The van der Waals surface area contributed by atoms with Crippen LogP contribution in [0.15, 0.2) is 48.5 Å². The molecule has 1 heterocycles. The fraction of sp³-hybridized carbons (Fsp3) is 0.300. The number of ketones is 1. The number of fused-ring (bicyclic) bond motifs is 1. The number of nitrogens with zero attached hydrogens (tertiary/aromatic N) is 1. The largest absolute Gasteiger partial charge is 0.304 e. The highest BCUT2D eigenvalue weighted by molar-refractivity contribution is 6.10. The molecule has 23 heavy (non-hydrogen) atoms. The standard InChI is InChI=1S/C20H21NO2/c1-13(2)19(22)14(3)15-8-10-17(11-9-15)21-12-16-6-4-5-7-18(16)20(21)23/h4-11,13-14H,12H2,1-3H3. The summed E-state index contributed by atoms with van der Waals surface area (Å²) in [6.45, 7) is 6.39. The van der Waals surface area contributed by atoms with E-state index in [2.05, 4.69) is 0 Å². The molecule has 118 valence electrons. The number of anilines is 1. The van der Waals surface area contributed by atoms with Crippen LogP contribution in [0.1, 0.15) is 48.2 Å². The minimum absolute atomic E-state index is 0.0272. The van der Waals surface area contributed by atoms with E-state index in [-0.39, 0.29) is 23.5 Å². The molecule has 3 rings (SSSR count). The molecule has 0 radical (unpaired) electrons. The van der Waals surface area contributed by atoms with E-state index in [9.17, 15) is 9.59 Å². The number of benzene rings is 2. The lowest BCUT2D eigenvalue weighted by Gasteiger charge is -2.18. The van der Waals surface area contributed by atoms with Gasteiger partial charge in [0.2, 0.25) is 0 Å². The van der Waals surface area contributed by atoms with Gasteiger partial charge in [0.1, 0.15) is 5.78 Å². The van der Waals surface area contributed by atoms with Crippen LogP contribution in [-0.4, -0.2) is 11.7 Å². The third-order valence-electron chi connectivity index (χ3n) is 4.52. The maximum Gasteiger partial charge on any atom is 0.258 e. The first-order chi connectivity index (χ1) is 11.0. The van der Waals surface area contributed by atoms with Crippen molar-refractivity contribution in [2.75, 3.05) is 4.90 Å². The van der Waals surface area contributed by atoms with Crippen LogP contribution in [0.2, 0.25) is 0 Å². The fourth-order valence-electron chi connectivity index (χ4n) is 3.07. The van der Waals surface area contributed by atoms with Crippen molar-refractivity contribution in [1.82, 2.24) is 0 Å². The van der Waals surface area contributed by atoms with Gasteiger partial charge < -0.3 is 4.90 Å². The molecule has 0 fully saturated rings. The Morgan fingerprint density at radius 1 is 1.00 bits per heavy atom. The number of hydrogen-bond donors (Lipinski definition) is 0. The van der Waals surface area contributed by atoms with Crippen molar-refractivity contribution >= 4 is 17.4 Å². The van der Waals surface area contributed by atoms with Crippen LogP contribution < -0.4 is 4.90 Å². The third-order valence-corrected chi connectivity index (χ3v) is 4.52. The normalized spacial score (nSPS) is 15.0. The van der Waals surface area contributed by atoms with Gasteiger partial charge in [-0.3, -0.25) is 9.59 Å². The molecule has 2 aromatic carbocycles. The Bertz CT molecular complexity index is 746. The summed E-state index contributed by atoms with van der Waals surface area (Å²) in [5, 5.41) is 0. The average molecular weight is 307 g/mol. The highest BCUT2D eigenvalue weighted by Gasteiger charge is 2.28. The molecule has 1 amide bonds. The van der Waals surface area contributed by atoms with Crippen molar-refractivity contribution in [2.45, 2.75) is 33.2 Å². The molecule has 1 aliphatic heterocycles. The topological polar surface area (TPSA) is 37.4 Å². The minimum Gasteiger partial charge on any atom is -0.304 e. The molecule has 3 nitrogen and oxygen atoms in total. The van der Waals surface area contributed by atoms with Crippen LogP contribution in [0.4, 0.5) is 5.69 Å². The van der Waals surface area contributed by atoms with E-state index in [1.807, 2.05) is 69.3 Å². The van der Waals surface area contributed by atoms with E-state index in [0.717, 1.165) is 22.4 Å². The molecule has 0 aliphatic carbocycles. The lowest BCUT2D eigenvalue weighted by atomic mass is 9.90. The highest BCUT2D eigenvalue weighted by Crippen LogP contribution is 2.29. The van der Waals surface area contributed by atoms with E-state index < -0.39 is 0 Å². The van der Waals surface area contributed by atoms with Gasteiger partial charge in [-0.2, -0.15) is 0 Å². The first kappa shape index (κ1) is 15.5. The average Bonchev–Trinajstić information content (AvgIpc) is 2.91. The Morgan fingerprint density at radius 2 is 1.65 bits per heavy atom. The summed E-state index contributed by atoms with van der Waals surface area (Å²) >= 11 is 0. The van der Waals surface area contributed by atoms with Gasteiger partial charge in [0.05, 0.1) is 6.54 Å². The second-order valence-electron chi connectivity index (χ2n) is 6.42. The van der Waals surface area contributed by atoms with Crippen LogP contribution in [-0.2, 0) is 11.3 Å². The van der Waals surface area contributed by atoms with Crippen LogP contribution >= 0.6 is 0 Å². The fourth-order valence-corrected chi connectivity index (χ4v) is 3.07. The van der Waals surface area contributed by atoms with Gasteiger partial charge >= 0.3 is 0 Å². The Hall–Kier alpha value is -2.42. The summed E-state index contributed by atoms with van der Waals surface area (Å²) in [6, 6.07) is 15.5. The monoisotopic (exact) mass is 307 g/mol. The summed E-state index contributed by atoms with van der Waals surface area (Å²) in [6.07, 6.45) is 0. The molecule has 0 N–H and O–H groups in total. The Morgan fingerprint density at radius 3 is 2.26 bits per heavy atom. The summed E-state index contributed by atoms with van der Waals surface area (Å²) in [5.41, 5.74) is 3.71. The predicted molar refractivity (Wildman–Crippen MR) is 91.7 cm³/mol. The maximum atomic E-state index is 12.5. The SMILES string of the molecule is CC(C)C(=O)C(C)c1ccc(N2Cc3ccccc3C2=O)cc1. The van der Waals surface area contributed by atoms with E-state index in [1.54, 1.807) is 4.90 Å². The number of hydrogen-bond acceptors (Lipinski definition) is 2. The number of rotatable bonds is 4. The van der Waals surface area contributed by atoms with Crippen molar-refractivity contribution < 1.29 is 9.59 Å². The lowest BCUT2D eigenvalue weighted by Crippen LogP contribution is -2.23. The third kappa shape index (κ3) is 2.79. The minimum atomic E-state index is -0.115. The molecule has 1 atom stereocenters. The van der Waals surface area contributed by atoms with Crippen molar-refractivity contribution in [2.24, 2.45) is 5.92 Å². The summed E-state index contributed by atoms with van der Waals surface area (Å²) in [4.78, 5) is 26.4. The van der Waals surface area contributed by atoms with Crippen LogP contribution in [0.3, 0.4) is 0 Å². The van der Waals surface area contributed by atoms with E-state index >= 15 is 0 Å². The smallest absolute Gasteiger partial charge is 0.258 e. The quantitative estimate of drug-likeness (QED) is 0.850. The summed E-state index contributed by atoms with van der Waals surface area (Å²) in [7, 11) is 0. The van der Waals surface area contributed by atoms with Gasteiger partial charge in [-0.15, -0.1) is 0 Å². The Labute approximate surface area is 136 Å². The number of carbonyl (C=O) groups excluding carboxylic acids is 2. The van der Waals surface area contributed by atoms with Crippen molar-refractivity contribution in [3.05, 3.63) is 65.2 Å². The van der Waals surface area contributed by atoms with Gasteiger partial charge in [0, 0.05) is 23.1 Å². The van der Waals surface area contributed by atoms with Gasteiger partial charge in [-0.05, 0) is 29.3 Å². The van der Waals surface area contributed by atoms with E-state index in [1.165, 1.54) is 0 Å². The highest BCUT2D eigenvalue weighted by atomic mass is 16.2. The molecule has 2 aromatic rings. The molecule has 0 spiro atoms. The molecule has 1 aliphatic rings. The zero-order chi connectivity index (χ0) is 16.6. The molecule has 0 bridgehead atoms. The summed E-state index contributed by atoms with van der Waals surface area (Å²) in [5.74, 6) is 0.192. The van der Waals surface area contributed by atoms with Gasteiger partial charge in [-0.25, -0.2) is 0 Å². The maximum absolute atomic E-state index is 12.5. The van der Waals surface area contributed by atoms with Gasteiger partial charge in [0.15, 0.2) is 0 Å². The van der Waals surface area contributed by atoms with E-state index in [4.69, 9.17) is 0 Å². The number of Topliss-reactive ketones (excluding diaryl/α,β-unsaturated/α-hetero) is 1. The molecular formula is C20H21NO2. The molecular weight excluding hydrogens is 286 g/mol. The van der Waals surface area contributed by atoms with Gasteiger partial charge in [0.25, 0.3) is 5.91 Å². The second kappa shape index (κ2) is 5.99. The first-order valence-corrected chi connectivity index (χ1v) is 8.02. The molecule has 0 aromatic heterocycles. The number of amides is 1. The molecule has 0 saturated heterocycles. The van der Waals surface area contributed by atoms with E-state index in [0.29, 0.717) is 6.54 Å².